The van der Waals surface area contributed by atoms with E-state index >= 15 is 0 Å². The molecular formula is C17H23NO3. The average Bonchev–Trinajstić information content (AvgIpc) is 2.37. The van der Waals surface area contributed by atoms with Gasteiger partial charge in [0.05, 0.1) is 0 Å². The Kier molecular flexibility index (Phi) is 6.15. The summed E-state index contributed by atoms with van der Waals surface area (Å²) in [6.07, 6.45) is 12.0. The molecule has 0 aromatic rings. The fourth-order valence-electron chi connectivity index (χ4n) is 2.55. The predicted octanol–water partition coefficient (Wildman–Crippen LogP) is 3.34. The van der Waals surface area contributed by atoms with Crippen LogP contribution in [0.25, 0.3) is 0 Å². The molecule has 21 heavy (non-hydrogen) atoms. The first kappa shape index (κ1) is 17.0. The molecule has 0 unspecified atom stereocenters. The number of allylic oxidation sites excluding steroid dienone is 5. The summed E-state index contributed by atoms with van der Waals surface area (Å²) >= 11 is 0. The van der Waals surface area contributed by atoms with Crippen LogP contribution < -0.4 is 5.32 Å². The maximum atomic E-state index is 11.5. The molecule has 0 aliphatic heterocycles. The number of hydrogen-bond acceptors (Lipinski definition) is 2. The van der Waals surface area contributed by atoms with Gasteiger partial charge in [0.25, 0.3) is 0 Å². The smallest absolute Gasteiger partial charge is 0.328 e. The number of aliphatic carboxylic acids is 1. The van der Waals surface area contributed by atoms with Gasteiger partial charge in [0, 0.05) is 18.4 Å². The van der Waals surface area contributed by atoms with E-state index < -0.39 is 5.97 Å². The Morgan fingerprint density at radius 1 is 1.24 bits per heavy atom. The molecule has 0 bridgehead atoms. The number of carbonyl (C=O) groups is 2. The number of nitrogens with one attached hydrogen (secondary N) is 1. The Bertz CT molecular complexity index is 522. The number of hydrogen-bond donors (Lipinski definition) is 2. The van der Waals surface area contributed by atoms with Gasteiger partial charge in [-0.15, -0.1) is 0 Å². The molecule has 0 heterocycles. The van der Waals surface area contributed by atoms with Gasteiger partial charge in [0.1, 0.15) is 0 Å². The van der Waals surface area contributed by atoms with Crippen LogP contribution in [0.5, 0.6) is 0 Å². The van der Waals surface area contributed by atoms with Gasteiger partial charge in [0.15, 0.2) is 0 Å². The molecule has 0 spiro atoms. The van der Waals surface area contributed by atoms with E-state index in [1.807, 2.05) is 6.08 Å². The van der Waals surface area contributed by atoms with Crippen LogP contribution >= 0.6 is 0 Å². The van der Waals surface area contributed by atoms with E-state index in [-0.39, 0.29) is 11.3 Å². The first-order valence-electron chi connectivity index (χ1n) is 7.08. The molecule has 0 aromatic heterocycles. The third-order valence-corrected chi connectivity index (χ3v) is 3.62. The first-order valence-corrected chi connectivity index (χ1v) is 7.08. The lowest BCUT2D eigenvalue weighted by Crippen LogP contribution is -2.20. The molecule has 0 radical (unpaired) electrons. The van der Waals surface area contributed by atoms with Crippen molar-refractivity contribution in [1.29, 1.82) is 0 Å². The normalized spacial score (nSPS) is 18.8. The fourth-order valence-corrected chi connectivity index (χ4v) is 2.55. The van der Waals surface area contributed by atoms with Crippen molar-refractivity contribution >= 4 is 11.9 Å². The maximum absolute atomic E-state index is 11.5. The molecule has 0 saturated heterocycles. The molecule has 0 fully saturated rings. The van der Waals surface area contributed by atoms with Crippen LogP contribution in [-0.2, 0) is 9.59 Å². The van der Waals surface area contributed by atoms with Gasteiger partial charge in [-0.1, -0.05) is 31.6 Å². The molecule has 4 nitrogen and oxygen atoms in total. The molecule has 2 N–H and O–H groups in total. The molecule has 114 valence electrons. The summed E-state index contributed by atoms with van der Waals surface area (Å²) in [4.78, 5) is 21.8. The van der Waals surface area contributed by atoms with Crippen LogP contribution in [0.3, 0.4) is 0 Å². The first-order chi connectivity index (χ1) is 9.83. The quantitative estimate of drug-likeness (QED) is 0.602. The predicted molar refractivity (Wildman–Crippen MR) is 83.5 cm³/mol. The molecule has 1 aliphatic rings. The molecule has 0 saturated carbocycles. The van der Waals surface area contributed by atoms with Crippen LogP contribution in [-0.4, -0.2) is 17.0 Å². The molecular weight excluding hydrogens is 266 g/mol. The fraction of sp³-hybridized carbons (Fsp3) is 0.412. The summed E-state index contributed by atoms with van der Waals surface area (Å²) in [6, 6.07) is 0. The molecule has 1 aliphatic carbocycles. The van der Waals surface area contributed by atoms with Gasteiger partial charge < -0.3 is 10.4 Å². The van der Waals surface area contributed by atoms with Crippen LogP contribution in [0, 0.1) is 5.41 Å². The zero-order chi connectivity index (χ0) is 15.9. The van der Waals surface area contributed by atoms with Gasteiger partial charge in [-0.05, 0) is 43.3 Å². The van der Waals surface area contributed by atoms with Crippen LogP contribution in [0.1, 0.15) is 40.0 Å². The van der Waals surface area contributed by atoms with Crippen LogP contribution in [0.15, 0.2) is 47.7 Å². The van der Waals surface area contributed by atoms with Crippen molar-refractivity contribution in [3.8, 4) is 0 Å². The number of amides is 1. The minimum Gasteiger partial charge on any atom is -0.478 e. The number of rotatable bonds is 5. The van der Waals surface area contributed by atoms with Crippen molar-refractivity contribution in [2.75, 3.05) is 0 Å². The zero-order valence-electron chi connectivity index (χ0n) is 12.8. The average molecular weight is 289 g/mol. The summed E-state index contributed by atoms with van der Waals surface area (Å²) in [6.45, 7) is 6.57. The highest BCUT2D eigenvalue weighted by Gasteiger charge is 2.26. The van der Waals surface area contributed by atoms with Gasteiger partial charge in [-0.2, -0.15) is 0 Å². The van der Waals surface area contributed by atoms with Crippen molar-refractivity contribution in [2.24, 2.45) is 5.41 Å². The minimum atomic E-state index is -1.04. The summed E-state index contributed by atoms with van der Waals surface area (Å²) in [5, 5.41) is 11.1. The Hall–Kier alpha value is -2.10. The highest BCUT2D eigenvalue weighted by Crippen LogP contribution is 2.40. The third kappa shape index (κ3) is 5.81. The summed E-state index contributed by atoms with van der Waals surface area (Å²) in [5.41, 5.74) is 2.80. The van der Waals surface area contributed by atoms with E-state index in [1.165, 1.54) is 35.8 Å². The van der Waals surface area contributed by atoms with Gasteiger partial charge >= 0.3 is 5.97 Å². The van der Waals surface area contributed by atoms with E-state index in [9.17, 15) is 9.59 Å². The second-order valence-corrected chi connectivity index (χ2v) is 5.83. The number of carboxylic acid groups (broad SMARTS) is 1. The van der Waals surface area contributed by atoms with Gasteiger partial charge in [0.2, 0.25) is 5.91 Å². The molecule has 0 aromatic carbocycles. The van der Waals surface area contributed by atoms with Crippen molar-refractivity contribution < 1.29 is 14.7 Å². The number of carbonyl (C=O) groups excluding carboxylic acids is 1. The lowest BCUT2D eigenvalue weighted by atomic mass is 9.73. The highest BCUT2D eigenvalue weighted by atomic mass is 16.4. The Labute approximate surface area is 125 Å². The Morgan fingerprint density at radius 2 is 1.90 bits per heavy atom. The van der Waals surface area contributed by atoms with Gasteiger partial charge in [-0.25, -0.2) is 4.79 Å². The van der Waals surface area contributed by atoms with Crippen molar-refractivity contribution in [3.63, 3.8) is 0 Å². The highest BCUT2D eigenvalue weighted by molar-refractivity contribution is 5.88. The van der Waals surface area contributed by atoms with Crippen molar-refractivity contribution in [2.45, 2.75) is 40.0 Å². The van der Waals surface area contributed by atoms with Crippen LogP contribution in [0.4, 0.5) is 0 Å². The second-order valence-electron chi connectivity index (χ2n) is 5.83. The summed E-state index contributed by atoms with van der Waals surface area (Å²) in [7, 11) is 0. The second kappa shape index (κ2) is 7.62. The summed E-state index contributed by atoms with van der Waals surface area (Å²) in [5.74, 6) is -1.32. The van der Waals surface area contributed by atoms with E-state index in [4.69, 9.17) is 5.11 Å². The molecule has 1 rings (SSSR count). The molecule has 0 atom stereocenters. The zero-order valence-corrected chi connectivity index (χ0v) is 12.8. The minimum absolute atomic E-state index is 0.142. The van der Waals surface area contributed by atoms with Gasteiger partial charge in [-0.3, -0.25) is 4.79 Å². The third-order valence-electron chi connectivity index (χ3n) is 3.62. The topological polar surface area (TPSA) is 66.4 Å². The Morgan fingerprint density at radius 3 is 2.52 bits per heavy atom. The molecule has 1 amide bonds. The SMILES string of the molecule is CC1=C(C=CNC(=O)C=CC=CC(=O)O)C(C)(C)CCC1. The van der Waals surface area contributed by atoms with Crippen molar-refractivity contribution in [1.82, 2.24) is 5.32 Å². The van der Waals surface area contributed by atoms with E-state index in [0.717, 1.165) is 18.9 Å². The largest absolute Gasteiger partial charge is 0.478 e. The van der Waals surface area contributed by atoms with E-state index in [0.29, 0.717) is 0 Å². The standard InChI is InChI=1S/C17H23NO3/c1-13-7-6-11-17(2,3)14(13)10-12-18-15(19)8-4-5-9-16(20)21/h4-5,8-10,12H,6-7,11H2,1-3H3,(H,18,19)(H,20,21). The lowest BCUT2D eigenvalue weighted by Gasteiger charge is -2.32. The Balaban J connectivity index is 2.58. The van der Waals surface area contributed by atoms with E-state index in [2.05, 4.69) is 26.1 Å². The monoisotopic (exact) mass is 289 g/mol. The molecule has 4 heteroatoms. The lowest BCUT2D eigenvalue weighted by molar-refractivity contribution is -0.131. The summed E-state index contributed by atoms with van der Waals surface area (Å²) < 4.78 is 0. The maximum Gasteiger partial charge on any atom is 0.328 e. The van der Waals surface area contributed by atoms with Crippen molar-refractivity contribution in [3.05, 3.63) is 47.7 Å². The van der Waals surface area contributed by atoms with E-state index in [1.54, 1.807) is 6.20 Å². The number of carboxylic acids is 1. The van der Waals surface area contributed by atoms with Crippen LogP contribution in [0.2, 0.25) is 0 Å².